The van der Waals surface area contributed by atoms with Crippen LogP contribution in [0.3, 0.4) is 0 Å². The van der Waals surface area contributed by atoms with Gasteiger partial charge in [-0.2, -0.15) is 0 Å². The molecule has 1 N–H and O–H groups in total. The number of aliphatic hydroxyl groups is 1. The van der Waals surface area contributed by atoms with Crippen LogP contribution in [0.15, 0.2) is 0 Å². The highest BCUT2D eigenvalue weighted by atomic mass is 33.1. The van der Waals surface area contributed by atoms with Crippen LogP contribution in [0.25, 0.3) is 0 Å². The highest BCUT2D eigenvalue weighted by molar-refractivity contribution is 8.68. The summed E-state index contributed by atoms with van der Waals surface area (Å²) >= 11 is 4.00. The lowest BCUT2D eigenvalue weighted by Gasteiger charge is -2.06. The van der Waals surface area contributed by atoms with Crippen LogP contribution in [-0.2, 0) is 18.9 Å². The van der Waals surface area contributed by atoms with Gasteiger partial charge in [0.05, 0.1) is 59.5 Å². The molecule has 0 aliphatic carbocycles. The van der Waals surface area contributed by atoms with Crippen molar-refractivity contribution in [2.75, 3.05) is 65.2 Å². The first-order valence-electron chi connectivity index (χ1n) is 5.60. The van der Waals surface area contributed by atoms with Gasteiger partial charge in [-0.1, -0.05) is 10.8 Å². The second-order valence-corrected chi connectivity index (χ2v) is 4.45. The first-order valence-corrected chi connectivity index (χ1v) is 7.63. The summed E-state index contributed by atoms with van der Waals surface area (Å²) in [5, 5.41) is 8.44. The van der Waals surface area contributed by atoms with Crippen LogP contribution in [0.2, 0.25) is 0 Å². The molecule has 5 nitrogen and oxygen atoms in total. The fraction of sp³-hybridized carbons (Fsp3) is 1.00. The SMILES string of the molecule is OCCOCCOCCOCCOCCSS. The third-order valence-electron chi connectivity index (χ3n) is 1.67. The van der Waals surface area contributed by atoms with E-state index in [4.69, 9.17) is 24.1 Å². The quantitative estimate of drug-likeness (QED) is 0.277. The van der Waals surface area contributed by atoms with E-state index in [1.54, 1.807) is 0 Å². The molecule has 0 aliphatic rings. The van der Waals surface area contributed by atoms with Crippen LogP contribution < -0.4 is 0 Å². The van der Waals surface area contributed by atoms with Crippen molar-refractivity contribution in [2.45, 2.75) is 0 Å². The second-order valence-electron chi connectivity index (χ2n) is 3.01. The third-order valence-corrected chi connectivity index (χ3v) is 2.57. The van der Waals surface area contributed by atoms with Crippen molar-refractivity contribution in [1.82, 2.24) is 0 Å². The first-order chi connectivity index (χ1) is 8.41. The molecule has 0 aromatic carbocycles. The number of aliphatic hydroxyl groups excluding tert-OH is 1. The van der Waals surface area contributed by atoms with E-state index in [9.17, 15) is 0 Å². The molecule has 7 heteroatoms. The summed E-state index contributed by atoms with van der Waals surface area (Å²) in [7, 11) is 1.47. The molecule has 0 fully saturated rings. The number of hydrogen-bond acceptors (Lipinski definition) is 7. The van der Waals surface area contributed by atoms with E-state index in [0.717, 1.165) is 5.75 Å². The molecule has 17 heavy (non-hydrogen) atoms. The van der Waals surface area contributed by atoms with Gasteiger partial charge in [0.25, 0.3) is 0 Å². The Labute approximate surface area is 112 Å². The van der Waals surface area contributed by atoms with Gasteiger partial charge in [-0.05, 0) is 0 Å². The van der Waals surface area contributed by atoms with E-state index in [1.165, 1.54) is 10.8 Å². The van der Waals surface area contributed by atoms with Crippen molar-refractivity contribution < 1.29 is 24.1 Å². The number of ether oxygens (including phenoxy) is 4. The molecule has 0 amide bonds. The van der Waals surface area contributed by atoms with Crippen molar-refractivity contribution in [2.24, 2.45) is 0 Å². The van der Waals surface area contributed by atoms with Gasteiger partial charge in [0.2, 0.25) is 0 Å². The molecule has 0 rings (SSSR count). The highest BCUT2D eigenvalue weighted by Gasteiger charge is 1.92. The van der Waals surface area contributed by atoms with E-state index in [0.29, 0.717) is 52.9 Å². The van der Waals surface area contributed by atoms with Crippen molar-refractivity contribution in [3.05, 3.63) is 0 Å². The predicted octanol–water partition coefficient (Wildman–Crippen LogP) is 0.623. The Morgan fingerprint density at radius 2 is 1.12 bits per heavy atom. The van der Waals surface area contributed by atoms with Crippen molar-refractivity contribution in [3.63, 3.8) is 0 Å². The van der Waals surface area contributed by atoms with Gasteiger partial charge in [0.1, 0.15) is 0 Å². The minimum atomic E-state index is 0.0504. The van der Waals surface area contributed by atoms with Crippen molar-refractivity contribution in [3.8, 4) is 0 Å². The van der Waals surface area contributed by atoms with E-state index < -0.39 is 0 Å². The second kappa shape index (κ2) is 16.5. The summed E-state index contributed by atoms with van der Waals surface area (Å²) in [5.74, 6) is 0.889. The van der Waals surface area contributed by atoms with Crippen LogP contribution >= 0.6 is 22.5 Å². The number of hydrogen-bond donors (Lipinski definition) is 2. The average Bonchev–Trinajstić information content (AvgIpc) is 2.35. The summed E-state index contributed by atoms with van der Waals surface area (Å²) in [6.07, 6.45) is 0. The van der Waals surface area contributed by atoms with Crippen LogP contribution in [-0.4, -0.2) is 70.3 Å². The molecule has 0 radical (unpaired) electrons. The molecule has 0 atom stereocenters. The zero-order chi connectivity index (χ0) is 12.6. The molecule has 0 saturated heterocycles. The lowest BCUT2D eigenvalue weighted by molar-refractivity contribution is -0.00416. The Morgan fingerprint density at radius 1 is 0.706 bits per heavy atom. The molecule has 104 valence electrons. The summed E-state index contributed by atoms with van der Waals surface area (Å²) in [4.78, 5) is 0. The lowest BCUT2D eigenvalue weighted by atomic mass is 10.7. The van der Waals surface area contributed by atoms with Gasteiger partial charge in [-0.3, -0.25) is 0 Å². The smallest absolute Gasteiger partial charge is 0.0701 e. The summed E-state index contributed by atoms with van der Waals surface area (Å²) < 4.78 is 20.8. The maximum atomic E-state index is 8.44. The molecule has 0 aliphatic heterocycles. The lowest BCUT2D eigenvalue weighted by Crippen LogP contribution is -2.12. The Bertz CT molecular complexity index is 126. The van der Waals surface area contributed by atoms with E-state index in [1.807, 2.05) is 0 Å². The molecule has 0 bridgehead atoms. The Morgan fingerprint density at radius 3 is 1.53 bits per heavy atom. The zero-order valence-corrected chi connectivity index (χ0v) is 11.7. The van der Waals surface area contributed by atoms with Crippen LogP contribution in [0.4, 0.5) is 0 Å². The monoisotopic (exact) mass is 286 g/mol. The largest absolute Gasteiger partial charge is 0.394 e. The van der Waals surface area contributed by atoms with E-state index in [2.05, 4.69) is 11.7 Å². The van der Waals surface area contributed by atoms with Crippen molar-refractivity contribution in [1.29, 1.82) is 0 Å². The third kappa shape index (κ3) is 16.5. The van der Waals surface area contributed by atoms with Gasteiger partial charge in [0.15, 0.2) is 0 Å². The molecule has 0 spiro atoms. The maximum absolute atomic E-state index is 8.44. The van der Waals surface area contributed by atoms with Crippen LogP contribution in [0.1, 0.15) is 0 Å². The highest BCUT2D eigenvalue weighted by Crippen LogP contribution is 2.02. The summed E-state index contributed by atoms with van der Waals surface area (Å²) in [6, 6.07) is 0. The van der Waals surface area contributed by atoms with Crippen LogP contribution in [0.5, 0.6) is 0 Å². The normalized spacial score (nSPS) is 10.9. The minimum Gasteiger partial charge on any atom is -0.394 e. The topological polar surface area (TPSA) is 57.2 Å². The predicted molar refractivity (Wildman–Crippen MR) is 71.8 cm³/mol. The Kier molecular flexibility index (Phi) is 17.0. The first kappa shape index (κ1) is 17.5. The van der Waals surface area contributed by atoms with Gasteiger partial charge in [-0.25, -0.2) is 0 Å². The van der Waals surface area contributed by atoms with Crippen molar-refractivity contribution >= 4 is 22.5 Å². The molecule has 0 heterocycles. The molecule has 0 aromatic rings. The van der Waals surface area contributed by atoms with Gasteiger partial charge in [0, 0.05) is 5.75 Å². The van der Waals surface area contributed by atoms with E-state index >= 15 is 0 Å². The van der Waals surface area contributed by atoms with Crippen LogP contribution in [0, 0.1) is 0 Å². The fourth-order valence-corrected chi connectivity index (χ4v) is 1.34. The minimum absolute atomic E-state index is 0.0504. The van der Waals surface area contributed by atoms with Gasteiger partial charge >= 0.3 is 0 Å². The standard InChI is InChI=1S/C10H22O5S2/c11-1-2-12-3-4-13-5-6-14-7-8-15-9-10-17-16/h11,16H,1-10H2. The van der Waals surface area contributed by atoms with E-state index in [-0.39, 0.29) is 6.61 Å². The Balaban J connectivity index is 2.85. The number of rotatable bonds is 14. The average molecular weight is 286 g/mol. The zero-order valence-electron chi connectivity index (χ0n) is 10.0. The molecule has 0 saturated carbocycles. The summed E-state index contributed by atoms with van der Waals surface area (Å²) in [6.45, 7) is 4.45. The molecule has 0 aromatic heterocycles. The fourth-order valence-electron chi connectivity index (χ4n) is 0.923. The van der Waals surface area contributed by atoms with Gasteiger partial charge in [-0.15, -0.1) is 11.7 Å². The maximum Gasteiger partial charge on any atom is 0.0701 e. The molecular formula is C10H22O5S2. The molecule has 0 unspecified atom stereocenters. The Hall–Kier alpha value is 0.500. The summed E-state index contributed by atoms with van der Waals surface area (Å²) in [5.41, 5.74) is 0. The van der Waals surface area contributed by atoms with Gasteiger partial charge < -0.3 is 24.1 Å². The number of thiol groups is 1. The molecular weight excluding hydrogens is 264 g/mol.